The summed E-state index contributed by atoms with van der Waals surface area (Å²) in [4.78, 5) is 1.68. The molecule has 0 saturated heterocycles. The van der Waals surface area contributed by atoms with Gasteiger partial charge in [0.25, 0.3) is 0 Å². The molecule has 0 nitrogen and oxygen atoms in total. The van der Waals surface area contributed by atoms with E-state index in [1.54, 1.807) is 20.1 Å². The van der Waals surface area contributed by atoms with E-state index in [4.69, 9.17) is 0 Å². The van der Waals surface area contributed by atoms with Crippen molar-refractivity contribution < 1.29 is 0 Å². The van der Waals surface area contributed by atoms with E-state index in [-0.39, 0.29) is 0 Å². The first-order chi connectivity index (χ1) is 8.72. The molecule has 0 amide bonds. The van der Waals surface area contributed by atoms with E-state index in [9.17, 15) is 0 Å². The van der Waals surface area contributed by atoms with Gasteiger partial charge in [-0.1, -0.05) is 0 Å². The van der Waals surface area contributed by atoms with Gasteiger partial charge in [-0.15, -0.1) is 0 Å². The van der Waals surface area contributed by atoms with Crippen LogP contribution in [0.25, 0.3) is 0 Å². The third-order valence-electron chi connectivity index (χ3n) is 3.73. The van der Waals surface area contributed by atoms with Crippen LogP contribution in [0.1, 0.15) is 31.9 Å². The summed E-state index contributed by atoms with van der Waals surface area (Å²) in [6.07, 6.45) is 0. The van der Waals surface area contributed by atoms with E-state index in [0.29, 0.717) is 29.9 Å². The molecule has 18 heavy (non-hydrogen) atoms. The van der Waals surface area contributed by atoms with Gasteiger partial charge in [0.15, 0.2) is 0 Å². The average molecular weight is 364 g/mol. The second-order valence-electron chi connectivity index (χ2n) is 5.16. The van der Waals surface area contributed by atoms with Crippen LogP contribution in [0.4, 0.5) is 0 Å². The van der Waals surface area contributed by atoms with Gasteiger partial charge >= 0.3 is 121 Å². The van der Waals surface area contributed by atoms with Crippen LogP contribution < -0.4 is 8.92 Å². The molecule has 0 bridgehead atoms. The number of benzene rings is 2. The Labute approximate surface area is 120 Å². The maximum atomic E-state index is 2.43. The van der Waals surface area contributed by atoms with Gasteiger partial charge in [-0.2, -0.15) is 0 Å². The zero-order chi connectivity index (χ0) is 12.3. The van der Waals surface area contributed by atoms with Crippen LogP contribution in [0.3, 0.4) is 0 Å². The van der Waals surface area contributed by atoms with Crippen LogP contribution in [0, 0.1) is 13.8 Å². The molecule has 2 aliphatic heterocycles. The maximum absolute atomic E-state index is 2.43. The van der Waals surface area contributed by atoms with Gasteiger partial charge in [0.1, 0.15) is 0 Å². The molecule has 0 N–H and O–H groups in total. The summed E-state index contributed by atoms with van der Waals surface area (Å²) in [6.45, 7) is 4.43. The fraction of sp³-hybridized carbons (Fsp3) is 0.250. The first-order valence-corrected chi connectivity index (χ1v) is 9.96. The van der Waals surface area contributed by atoms with Crippen LogP contribution in [-0.4, -0.2) is 29.9 Å². The Balaban J connectivity index is 1.82. The molecule has 0 aromatic heterocycles. The van der Waals surface area contributed by atoms with E-state index >= 15 is 0 Å². The first kappa shape index (κ1) is 11.3. The summed E-state index contributed by atoms with van der Waals surface area (Å²) in [5, 5.41) is 0. The van der Waals surface area contributed by atoms with Crippen molar-refractivity contribution in [2.24, 2.45) is 0 Å². The molecule has 2 heterocycles. The molecule has 0 spiro atoms. The van der Waals surface area contributed by atoms with Crippen molar-refractivity contribution in [2.75, 3.05) is 0 Å². The summed E-state index contributed by atoms with van der Waals surface area (Å²) in [7, 11) is 0. The Bertz CT molecular complexity index is 588. The van der Waals surface area contributed by atoms with Gasteiger partial charge in [-0.3, -0.25) is 0 Å². The van der Waals surface area contributed by atoms with Crippen molar-refractivity contribution >= 4 is 38.8 Å². The SMILES string of the molecule is Cc1ccc2c(c1)[Se]C1c3ccc(C)cc3[Se]C21. The van der Waals surface area contributed by atoms with Crippen molar-refractivity contribution in [1.29, 1.82) is 0 Å². The van der Waals surface area contributed by atoms with E-state index < -0.39 is 0 Å². The van der Waals surface area contributed by atoms with Gasteiger partial charge in [-0.25, -0.2) is 0 Å². The second kappa shape index (κ2) is 3.98. The number of hydrogen-bond donors (Lipinski definition) is 0. The summed E-state index contributed by atoms with van der Waals surface area (Å²) >= 11 is 1.29. The molecule has 2 heteroatoms. The number of hydrogen-bond acceptors (Lipinski definition) is 0. The summed E-state index contributed by atoms with van der Waals surface area (Å²) in [5.74, 6) is 0. The molecular formula is C16H14Se2. The Hall–Kier alpha value is -0.521. The normalized spacial score (nSPS) is 23.7. The van der Waals surface area contributed by atoms with E-state index in [1.165, 1.54) is 11.1 Å². The van der Waals surface area contributed by atoms with Gasteiger partial charge in [0.2, 0.25) is 0 Å². The van der Waals surface area contributed by atoms with Gasteiger partial charge in [0, 0.05) is 0 Å². The molecule has 2 aliphatic rings. The molecule has 4 rings (SSSR count). The molecule has 2 unspecified atom stereocenters. The molecule has 0 fully saturated rings. The van der Waals surface area contributed by atoms with Gasteiger partial charge in [0.05, 0.1) is 0 Å². The number of rotatable bonds is 0. The molecule has 2 atom stereocenters. The minimum atomic E-state index is 0.647. The van der Waals surface area contributed by atoms with Crippen molar-refractivity contribution in [2.45, 2.75) is 23.5 Å². The third-order valence-corrected chi connectivity index (χ3v) is 10.4. The molecule has 2 aromatic carbocycles. The van der Waals surface area contributed by atoms with Crippen molar-refractivity contribution in [3.8, 4) is 0 Å². The predicted octanol–water partition coefficient (Wildman–Crippen LogP) is 1.77. The molecule has 90 valence electrons. The fourth-order valence-corrected chi connectivity index (χ4v) is 10.9. The predicted molar refractivity (Wildman–Crippen MR) is 78.6 cm³/mol. The van der Waals surface area contributed by atoms with Crippen LogP contribution >= 0.6 is 0 Å². The molecule has 2 aromatic rings. The van der Waals surface area contributed by atoms with Crippen LogP contribution in [0.2, 0.25) is 0 Å². The van der Waals surface area contributed by atoms with Gasteiger partial charge in [-0.05, 0) is 0 Å². The zero-order valence-corrected chi connectivity index (χ0v) is 13.9. The van der Waals surface area contributed by atoms with E-state index in [1.807, 2.05) is 0 Å². The molecule has 0 radical (unpaired) electrons. The average Bonchev–Trinajstić information content (AvgIpc) is 2.83. The number of fused-ring (bicyclic) bond motifs is 5. The monoisotopic (exact) mass is 366 g/mol. The Morgan fingerprint density at radius 3 is 1.61 bits per heavy atom. The van der Waals surface area contributed by atoms with Crippen LogP contribution in [-0.2, 0) is 0 Å². The fourth-order valence-electron chi connectivity index (χ4n) is 2.81. The van der Waals surface area contributed by atoms with Gasteiger partial charge < -0.3 is 0 Å². The minimum absolute atomic E-state index is 0.647. The summed E-state index contributed by atoms with van der Waals surface area (Å²) < 4.78 is 3.34. The van der Waals surface area contributed by atoms with Crippen LogP contribution in [0.15, 0.2) is 36.4 Å². The first-order valence-electron chi connectivity index (χ1n) is 6.27. The van der Waals surface area contributed by atoms with Crippen molar-refractivity contribution in [3.05, 3.63) is 58.7 Å². The summed E-state index contributed by atoms with van der Waals surface area (Å²) in [6, 6.07) is 14.2. The Morgan fingerprint density at radius 1 is 0.722 bits per heavy atom. The van der Waals surface area contributed by atoms with Crippen LogP contribution in [0.5, 0.6) is 0 Å². The number of aryl methyl sites for hydroxylation is 2. The van der Waals surface area contributed by atoms with E-state index in [2.05, 4.69) is 50.2 Å². The quantitative estimate of drug-likeness (QED) is 0.626. The third kappa shape index (κ3) is 1.57. The second-order valence-corrected chi connectivity index (χ2v) is 10.1. The Kier molecular flexibility index (Phi) is 2.51. The topological polar surface area (TPSA) is 0 Å². The zero-order valence-electron chi connectivity index (χ0n) is 10.4. The van der Waals surface area contributed by atoms with E-state index in [0.717, 1.165) is 9.63 Å². The molecular weight excluding hydrogens is 350 g/mol. The van der Waals surface area contributed by atoms with Crippen molar-refractivity contribution in [1.82, 2.24) is 0 Å². The standard InChI is InChI=1S/C16H14Se2/c1-9-3-5-11-13(7-9)17-16-12-6-4-10(2)8-14(12)18-15(11)16/h3-8,15-16H,1-2H3. The molecule has 0 aliphatic carbocycles. The summed E-state index contributed by atoms with van der Waals surface area (Å²) in [5.41, 5.74) is 6.18. The Morgan fingerprint density at radius 2 is 1.17 bits per heavy atom. The molecule has 0 saturated carbocycles. The van der Waals surface area contributed by atoms with Crippen molar-refractivity contribution in [3.63, 3.8) is 0 Å².